The van der Waals surface area contributed by atoms with Gasteiger partial charge in [-0.15, -0.1) is 0 Å². The molecule has 0 fully saturated rings. The number of ketones is 1. The van der Waals surface area contributed by atoms with Gasteiger partial charge >= 0.3 is 0 Å². The average molecular weight is 418 g/mol. The SMILES string of the molecule is O=C(Cc1cccnc1)c1ccc(-c2ccc3c(c2)C=NC3)cc1OCc1ccccc1. The van der Waals surface area contributed by atoms with Gasteiger partial charge in [0.25, 0.3) is 0 Å². The number of fused-ring (bicyclic) bond motifs is 1. The second-order valence-electron chi connectivity index (χ2n) is 7.83. The predicted octanol–water partition coefficient (Wildman–Crippen LogP) is 5.69. The quantitative estimate of drug-likeness (QED) is 0.363. The molecule has 1 aliphatic rings. The number of aromatic nitrogens is 1. The van der Waals surface area contributed by atoms with Gasteiger partial charge in [-0.05, 0) is 57.6 Å². The van der Waals surface area contributed by atoms with Crippen LogP contribution in [0.2, 0.25) is 0 Å². The highest BCUT2D eigenvalue weighted by Crippen LogP contribution is 2.31. The lowest BCUT2D eigenvalue weighted by Crippen LogP contribution is -2.08. The van der Waals surface area contributed by atoms with Crippen LogP contribution in [0.1, 0.15) is 32.6 Å². The standard InChI is InChI=1S/C28H22N2O2/c31-27(13-21-7-4-12-29-16-21)26-11-10-23(22-8-9-24-17-30-18-25(24)14-22)15-28(26)32-19-20-5-2-1-3-6-20/h1-12,14-16,18H,13,17,19H2. The summed E-state index contributed by atoms with van der Waals surface area (Å²) in [7, 11) is 0. The van der Waals surface area contributed by atoms with Gasteiger partial charge in [-0.25, -0.2) is 0 Å². The van der Waals surface area contributed by atoms with Gasteiger partial charge in [0.05, 0.1) is 12.1 Å². The fourth-order valence-electron chi connectivity index (χ4n) is 3.85. The van der Waals surface area contributed by atoms with E-state index in [9.17, 15) is 4.79 Å². The zero-order chi connectivity index (χ0) is 21.8. The lowest BCUT2D eigenvalue weighted by Gasteiger charge is -2.14. The van der Waals surface area contributed by atoms with Crippen molar-refractivity contribution in [2.75, 3.05) is 0 Å². The molecule has 4 nitrogen and oxygen atoms in total. The first kappa shape index (κ1) is 19.9. The summed E-state index contributed by atoms with van der Waals surface area (Å²) in [5, 5.41) is 0. The molecule has 4 aromatic rings. The summed E-state index contributed by atoms with van der Waals surface area (Å²) in [5.74, 6) is 0.600. The van der Waals surface area contributed by atoms with Crippen LogP contribution in [0.3, 0.4) is 0 Å². The summed E-state index contributed by atoms with van der Waals surface area (Å²) >= 11 is 0. The average Bonchev–Trinajstić information content (AvgIpc) is 3.32. The van der Waals surface area contributed by atoms with Crippen molar-refractivity contribution in [2.45, 2.75) is 19.6 Å². The van der Waals surface area contributed by atoms with E-state index in [1.807, 2.05) is 66.9 Å². The largest absolute Gasteiger partial charge is 0.488 e. The molecule has 1 aromatic heterocycles. The smallest absolute Gasteiger partial charge is 0.171 e. The van der Waals surface area contributed by atoms with Gasteiger partial charge in [-0.3, -0.25) is 14.8 Å². The molecule has 32 heavy (non-hydrogen) atoms. The monoisotopic (exact) mass is 418 g/mol. The minimum atomic E-state index is 0.00805. The van der Waals surface area contributed by atoms with Gasteiger partial charge in [0.2, 0.25) is 0 Å². The van der Waals surface area contributed by atoms with Gasteiger partial charge in [0.15, 0.2) is 5.78 Å². The van der Waals surface area contributed by atoms with Crippen molar-refractivity contribution in [1.29, 1.82) is 0 Å². The fourth-order valence-corrected chi connectivity index (χ4v) is 3.85. The Hall–Kier alpha value is -4.05. The minimum Gasteiger partial charge on any atom is -0.488 e. The number of carbonyl (C=O) groups is 1. The zero-order valence-electron chi connectivity index (χ0n) is 17.6. The third-order valence-electron chi connectivity index (χ3n) is 5.58. The third kappa shape index (κ3) is 4.35. The molecular formula is C28H22N2O2. The van der Waals surface area contributed by atoms with E-state index in [-0.39, 0.29) is 12.2 Å². The number of benzene rings is 3. The van der Waals surface area contributed by atoms with Gasteiger partial charge in [-0.1, -0.05) is 54.6 Å². The van der Waals surface area contributed by atoms with Gasteiger partial charge in [0, 0.05) is 25.0 Å². The third-order valence-corrected chi connectivity index (χ3v) is 5.58. The van der Waals surface area contributed by atoms with Crippen molar-refractivity contribution in [1.82, 2.24) is 4.98 Å². The summed E-state index contributed by atoms with van der Waals surface area (Å²) in [6.45, 7) is 1.14. The number of pyridine rings is 1. The van der Waals surface area contributed by atoms with Crippen molar-refractivity contribution >= 4 is 12.0 Å². The van der Waals surface area contributed by atoms with Crippen molar-refractivity contribution in [3.05, 3.63) is 119 Å². The first-order valence-electron chi connectivity index (χ1n) is 10.6. The predicted molar refractivity (Wildman–Crippen MR) is 126 cm³/mol. The highest BCUT2D eigenvalue weighted by atomic mass is 16.5. The van der Waals surface area contributed by atoms with Crippen molar-refractivity contribution in [3.63, 3.8) is 0 Å². The minimum absolute atomic E-state index is 0.00805. The van der Waals surface area contributed by atoms with E-state index in [1.165, 1.54) is 5.56 Å². The molecule has 0 atom stereocenters. The molecule has 3 aromatic carbocycles. The molecule has 156 valence electrons. The van der Waals surface area contributed by atoms with E-state index in [0.717, 1.165) is 34.4 Å². The highest BCUT2D eigenvalue weighted by Gasteiger charge is 2.16. The van der Waals surface area contributed by atoms with E-state index in [2.05, 4.69) is 28.2 Å². The van der Waals surface area contributed by atoms with Gasteiger partial charge in [-0.2, -0.15) is 0 Å². The van der Waals surface area contributed by atoms with Crippen LogP contribution in [0, 0.1) is 0 Å². The first-order chi connectivity index (χ1) is 15.8. The van der Waals surface area contributed by atoms with Gasteiger partial charge < -0.3 is 4.74 Å². The Labute approximate surface area is 187 Å². The van der Waals surface area contributed by atoms with E-state index in [4.69, 9.17) is 4.74 Å². The highest BCUT2D eigenvalue weighted by molar-refractivity contribution is 6.00. The number of hydrogen-bond acceptors (Lipinski definition) is 4. The summed E-state index contributed by atoms with van der Waals surface area (Å²) in [6, 6.07) is 25.9. The molecule has 0 spiro atoms. The maximum Gasteiger partial charge on any atom is 0.171 e. The zero-order valence-corrected chi connectivity index (χ0v) is 17.6. The topological polar surface area (TPSA) is 51.5 Å². The summed E-state index contributed by atoms with van der Waals surface area (Å²) in [4.78, 5) is 21.6. The molecule has 2 heterocycles. The van der Waals surface area contributed by atoms with Crippen molar-refractivity contribution in [3.8, 4) is 16.9 Å². The number of Topliss-reactive ketones (excluding diaryl/α,β-unsaturated/α-hetero) is 1. The second kappa shape index (κ2) is 8.98. The maximum atomic E-state index is 13.1. The molecule has 0 N–H and O–H groups in total. The Kier molecular flexibility index (Phi) is 5.58. The number of rotatable bonds is 7. The number of ether oxygens (including phenoxy) is 1. The van der Waals surface area contributed by atoms with Crippen molar-refractivity contribution < 1.29 is 9.53 Å². The van der Waals surface area contributed by atoms with Crippen molar-refractivity contribution in [2.24, 2.45) is 4.99 Å². The molecule has 0 saturated carbocycles. The summed E-state index contributed by atoms with van der Waals surface area (Å²) < 4.78 is 6.17. The molecule has 0 radical (unpaired) electrons. The van der Waals surface area contributed by atoms with Crippen LogP contribution >= 0.6 is 0 Å². The maximum absolute atomic E-state index is 13.1. The lowest BCUT2D eigenvalue weighted by atomic mass is 9.97. The second-order valence-corrected chi connectivity index (χ2v) is 7.83. The van der Waals surface area contributed by atoms with Crippen LogP contribution in [0.5, 0.6) is 5.75 Å². The normalized spacial score (nSPS) is 11.9. The van der Waals surface area contributed by atoms with Crippen LogP contribution in [0.4, 0.5) is 0 Å². The van der Waals surface area contributed by atoms with Crippen LogP contribution in [-0.4, -0.2) is 17.0 Å². The first-order valence-corrected chi connectivity index (χ1v) is 10.6. The Morgan fingerprint density at radius 3 is 2.53 bits per heavy atom. The molecule has 4 heteroatoms. The van der Waals surface area contributed by atoms with E-state index < -0.39 is 0 Å². The Morgan fingerprint density at radius 1 is 0.875 bits per heavy atom. The van der Waals surface area contributed by atoms with E-state index in [1.54, 1.807) is 12.4 Å². The Bertz CT molecular complexity index is 1280. The molecule has 0 saturated heterocycles. The molecular weight excluding hydrogens is 396 g/mol. The molecule has 1 aliphatic heterocycles. The Balaban J connectivity index is 1.47. The number of hydrogen-bond donors (Lipinski definition) is 0. The molecule has 5 rings (SSSR count). The summed E-state index contributed by atoms with van der Waals surface area (Å²) in [5.41, 5.74) is 6.98. The van der Waals surface area contributed by atoms with Crippen LogP contribution < -0.4 is 4.74 Å². The molecule has 0 amide bonds. The number of nitrogens with zero attached hydrogens (tertiary/aromatic N) is 2. The molecule has 0 aliphatic carbocycles. The number of aliphatic imine (C=N–C) groups is 1. The molecule has 0 bridgehead atoms. The van der Waals surface area contributed by atoms with Crippen LogP contribution in [0.15, 0.2) is 96.2 Å². The van der Waals surface area contributed by atoms with E-state index >= 15 is 0 Å². The van der Waals surface area contributed by atoms with Gasteiger partial charge in [0.1, 0.15) is 12.4 Å². The summed E-state index contributed by atoms with van der Waals surface area (Å²) in [6.07, 6.45) is 5.63. The Morgan fingerprint density at radius 2 is 1.69 bits per heavy atom. The van der Waals surface area contributed by atoms with E-state index in [0.29, 0.717) is 17.9 Å². The molecule has 0 unspecified atom stereocenters. The van der Waals surface area contributed by atoms with Crippen LogP contribution in [-0.2, 0) is 19.6 Å². The van der Waals surface area contributed by atoms with Crippen LogP contribution in [0.25, 0.3) is 11.1 Å². The fraction of sp³-hybridized carbons (Fsp3) is 0.107. The lowest BCUT2D eigenvalue weighted by molar-refractivity contribution is 0.0988. The number of carbonyl (C=O) groups excluding carboxylic acids is 1.